The predicted octanol–water partition coefficient (Wildman–Crippen LogP) is 2.07. The average molecular weight is 339 g/mol. The highest BCUT2D eigenvalue weighted by Gasteiger charge is 2.51. The first kappa shape index (κ1) is 13.5. The van der Waals surface area contributed by atoms with E-state index in [1.807, 2.05) is 0 Å². The van der Waals surface area contributed by atoms with Gasteiger partial charge in [0, 0.05) is 12.2 Å². The third-order valence-corrected chi connectivity index (χ3v) is 4.96. The van der Waals surface area contributed by atoms with Crippen molar-refractivity contribution in [1.29, 1.82) is 0 Å². The maximum Gasteiger partial charge on any atom is 0.308 e. The quantitative estimate of drug-likeness (QED) is 0.827. The molecule has 20 heavy (non-hydrogen) atoms. The standard InChI is InChI=1S/C14H15BrN2O3/c15-10-4-3-9(6-16-10)13(18)17-12-8-2-1-7(5-8)11(12)14(19)20/h3-4,6-8,11-12H,1-2,5H2,(H,17,18)(H,19,20). The first-order chi connectivity index (χ1) is 9.56. The minimum atomic E-state index is -0.795. The largest absolute Gasteiger partial charge is 0.481 e. The molecule has 4 unspecified atom stereocenters. The lowest BCUT2D eigenvalue weighted by Crippen LogP contribution is -2.46. The van der Waals surface area contributed by atoms with Gasteiger partial charge in [0.25, 0.3) is 5.91 Å². The van der Waals surface area contributed by atoms with Crippen LogP contribution < -0.4 is 5.32 Å². The summed E-state index contributed by atoms with van der Waals surface area (Å²) in [5.74, 6) is -0.967. The number of fused-ring (bicyclic) bond motifs is 2. The van der Waals surface area contributed by atoms with Crippen molar-refractivity contribution in [3.63, 3.8) is 0 Å². The number of hydrogen-bond donors (Lipinski definition) is 2. The normalized spacial score (nSPS) is 31.2. The molecule has 3 rings (SSSR count). The van der Waals surface area contributed by atoms with Crippen LogP contribution in [0.25, 0.3) is 0 Å². The number of pyridine rings is 1. The number of carboxylic acids is 1. The van der Waals surface area contributed by atoms with Crippen LogP contribution in [-0.2, 0) is 4.79 Å². The SMILES string of the molecule is O=C(NC1C2CCC(C2)C1C(=O)O)c1ccc(Br)nc1. The van der Waals surface area contributed by atoms with Crippen molar-refractivity contribution >= 4 is 27.8 Å². The molecule has 4 atom stereocenters. The fourth-order valence-corrected chi connectivity index (χ4v) is 3.83. The Morgan fingerprint density at radius 2 is 2.05 bits per heavy atom. The molecule has 1 aromatic heterocycles. The fourth-order valence-electron chi connectivity index (χ4n) is 3.60. The molecule has 1 heterocycles. The summed E-state index contributed by atoms with van der Waals surface area (Å²) >= 11 is 3.22. The maximum absolute atomic E-state index is 12.2. The minimum absolute atomic E-state index is 0.214. The number of carbonyl (C=O) groups is 2. The summed E-state index contributed by atoms with van der Waals surface area (Å²) in [6.45, 7) is 0. The first-order valence-electron chi connectivity index (χ1n) is 6.71. The summed E-state index contributed by atoms with van der Waals surface area (Å²) in [6, 6.07) is 3.13. The molecule has 106 valence electrons. The van der Waals surface area contributed by atoms with E-state index in [1.54, 1.807) is 12.1 Å². The van der Waals surface area contributed by atoms with Crippen LogP contribution in [0.2, 0.25) is 0 Å². The van der Waals surface area contributed by atoms with E-state index < -0.39 is 11.9 Å². The number of rotatable bonds is 3. The Kier molecular flexibility index (Phi) is 3.50. The van der Waals surface area contributed by atoms with Gasteiger partial charge in [-0.3, -0.25) is 9.59 Å². The van der Waals surface area contributed by atoms with Gasteiger partial charge in [0.2, 0.25) is 0 Å². The lowest BCUT2D eigenvalue weighted by Gasteiger charge is -2.28. The van der Waals surface area contributed by atoms with Gasteiger partial charge in [0.05, 0.1) is 11.5 Å². The van der Waals surface area contributed by atoms with Crippen molar-refractivity contribution in [3.05, 3.63) is 28.5 Å². The van der Waals surface area contributed by atoms with Gasteiger partial charge >= 0.3 is 5.97 Å². The van der Waals surface area contributed by atoms with E-state index in [0.717, 1.165) is 19.3 Å². The lowest BCUT2D eigenvalue weighted by atomic mass is 9.84. The monoisotopic (exact) mass is 338 g/mol. The van der Waals surface area contributed by atoms with Crippen molar-refractivity contribution in [2.24, 2.45) is 17.8 Å². The Labute approximate surface area is 124 Å². The van der Waals surface area contributed by atoms with Crippen molar-refractivity contribution in [2.45, 2.75) is 25.3 Å². The molecule has 2 aliphatic carbocycles. The van der Waals surface area contributed by atoms with Gasteiger partial charge in [0.1, 0.15) is 4.60 Å². The lowest BCUT2D eigenvalue weighted by molar-refractivity contribution is -0.144. The molecule has 0 aromatic carbocycles. The van der Waals surface area contributed by atoms with Crippen LogP contribution >= 0.6 is 15.9 Å². The Morgan fingerprint density at radius 1 is 1.30 bits per heavy atom. The molecule has 2 N–H and O–H groups in total. The van der Waals surface area contributed by atoms with Crippen LogP contribution in [-0.4, -0.2) is 28.0 Å². The van der Waals surface area contributed by atoms with E-state index in [4.69, 9.17) is 0 Å². The number of aromatic nitrogens is 1. The topological polar surface area (TPSA) is 79.3 Å². The first-order valence-corrected chi connectivity index (χ1v) is 7.51. The third-order valence-electron chi connectivity index (χ3n) is 4.49. The van der Waals surface area contributed by atoms with Crippen LogP contribution in [0, 0.1) is 17.8 Å². The molecule has 2 bridgehead atoms. The molecular weight excluding hydrogens is 324 g/mol. The van der Waals surface area contributed by atoms with Crippen LogP contribution in [0.15, 0.2) is 22.9 Å². The van der Waals surface area contributed by atoms with Gasteiger partial charge < -0.3 is 10.4 Å². The minimum Gasteiger partial charge on any atom is -0.481 e. The Bertz CT molecular complexity index is 546. The predicted molar refractivity (Wildman–Crippen MR) is 75.1 cm³/mol. The van der Waals surface area contributed by atoms with E-state index in [2.05, 4.69) is 26.2 Å². The Morgan fingerprint density at radius 3 is 2.70 bits per heavy atom. The Hall–Kier alpha value is -1.43. The van der Waals surface area contributed by atoms with Gasteiger partial charge in [-0.2, -0.15) is 0 Å². The zero-order chi connectivity index (χ0) is 14.3. The van der Waals surface area contributed by atoms with Gasteiger partial charge in [-0.1, -0.05) is 0 Å². The average Bonchev–Trinajstić information content (AvgIpc) is 3.00. The molecule has 2 aliphatic rings. The zero-order valence-corrected chi connectivity index (χ0v) is 12.3. The van der Waals surface area contributed by atoms with Crippen LogP contribution in [0.4, 0.5) is 0 Å². The third kappa shape index (κ3) is 2.32. The summed E-state index contributed by atoms with van der Waals surface area (Å²) in [7, 11) is 0. The van der Waals surface area contributed by atoms with E-state index >= 15 is 0 Å². The molecular formula is C14H15BrN2O3. The fraction of sp³-hybridized carbons (Fsp3) is 0.500. The highest BCUT2D eigenvalue weighted by Crippen LogP contribution is 2.48. The molecule has 1 amide bonds. The summed E-state index contributed by atoms with van der Waals surface area (Å²) in [5, 5.41) is 12.3. The summed E-state index contributed by atoms with van der Waals surface area (Å²) in [6.07, 6.45) is 4.38. The molecule has 2 saturated carbocycles. The van der Waals surface area contributed by atoms with Gasteiger partial charge in [-0.25, -0.2) is 4.98 Å². The number of hydrogen-bond acceptors (Lipinski definition) is 3. The highest BCUT2D eigenvalue weighted by atomic mass is 79.9. The van der Waals surface area contributed by atoms with Gasteiger partial charge in [0.15, 0.2) is 0 Å². The van der Waals surface area contributed by atoms with Crippen molar-refractivity contribution < 1.29 is 14.7 Å². The zero-order valence-electron chi connectivity index (χ0n) is 10.8. The molecule has 2 fully saturated rings. The number of carbonyl (C=O) groups excluding carboxylic acids is 1. The van der Waals surface area contributed by atoms with Crippen molar-refractivity contribution in [2.75, 3.05) is 0 Å². The molecule has 6 heteroatoms. The highest BCUT2D eigenvalue weighted by molar-refractivity contribution is 9.10. The molecule has 5 nitrogen and oxygen atoms in total. The summed E-state index contributed by atoms with van der Waals surface area (Å²) in [5.41, 5.74) is 0.458. The van der Waals surface area contributed by atoms with Crippen LogP contribution in [0.5, 0.6) is 0 Å². The Balaban J connectivity index is 1.75. The second kappa shape index (κ2) is 5.16. The van der Waals surface area contributed by atoms with Crippen LogP contribution in [0.3, 0.4) is 0 Å². The number of halogens is 1. The van der Waals surface area contributed by atoms with Crippen molar-refractivity contribution in [1.82, 2.24) is 10.3 Å². The molecule has 0 spiro atoms. The van der Waals surface area contributed by atoms with Crippen molar-refractivity contribution in [3.8, 4) is 0 Å². The molecule has 0 radical (unpaired) electrons. The summed E-state index contributed by atoms with van der Waals surface area (Å²) in [4.78, 5) is 27.6. The van der Waals surface area contributed by atoms with Gasteiger partial charge in [-0.15, -0.1) is 0 Å². The second-order valence-electron chi connectivity index (χ2n) is 5.57. The number of amides is 1. The van der Waals surface area contributed by atoms with E-state index in [0.29, 0.717) is 16.1 Å². The number of nitrogens with zero attached hydrogens (tertiary/aromatic N) is 1. The number of nitrogens with one attached hydrogen (secondary N) is 1. The molecule has 1 aromatic rings. The smallest absolute Gasteiger partial charge is 0.308 e. The van der Waals surface area contributed by atoms with E-state index in [-0.39, 0.29) is 17.9 Å². The number of carboxylic acid groups (broad SMARTS) is 1. The molecule has 0 aliphatic heterocycles. The van der Waals surface area contributed by atoms with Crippen LogP contribution in [0.1, 0.15) is 29.6 Å². The maximum atomic E-state index is 12.2. The van der Waals surface area contributed by atoms with E-state index in [9.17, 15) is 14.7 Å². The molecule has 0 saturated heterocycles. The van der Waals surface area contributed by atoms with E-state index in [1.165, 1.54) is 6.20 Å². The summed E-state index contributed by atoms with van der Waals surface area (Å²) < 4.78 is 0.664. The second-order valence-corrected chi connectivity index (χ2v) is 6.38. The number of aliphatic carboxylic acids is 1. The van der Waals surface area contributed by atoms with Gasteiger partial charge in [-0.05, 0) is 59.2 Å².